The number of hydrazone groups is 1. The number of ether oxygens (including phenoxy) is 2. The van der Waals surface area contributed by atoms with Crippen molar-refractivity contribution in [3.63, 3.8) is 0 Å². The van der Waals surface area contributed by atoms with Crippen LogP contribution in [-0.4, -0.2) is 18.7 Å². The minimum Gasteiger partial charge on any atom is -0.490 e. The molecule has 0 aliphatic rings. The molecule has 6 heteroatoms. The van der Waals surface area contributed by atoms with Gasteiger partial charge in [-0.25, -0.2) is 5.43 Å². The van der Waals surface area contributed by atoms with Gasteiger partial charge in [-0.05, 0) is 42.3 Å². The number of halogens is 1. The number of amides is 1. The Morgan fingerprint density at radius 2 is 1.72 bits per heavy atom. The van der Waals surface area contributed by atoms with Crippen molar-refractivity contribution in [3.8, 4) is 11.5 Å². The number of benzene rings is 3. The molecule has 0 saturated carbocycles. The molecule has 0 fully saturated rings. The zero-order valence-electron chi connectivity index (χ0n) is 16.0. The fraction of sp³-hybridized carbons (Fsp3) is 0.130. The molecule has 1 amide bonds. The molecule has 0 unspecified atom stereocenters. The molecule has 0 spiro atoms. The molecule has 3 rings (SSSR count). The summed E-state index contributed by atoms with van der Waals surface area (Å²) in [7, 11) is 0. The van der Waals surface area contributed by atoms with Crippen molar-refractivity contribution in [1.29, 1.82) is 0 Å². The summed E-state index contributed by atoms with van der Waals surface area (Å²) in [5, 5.41) is 4.41. The third kappa shape index (κ3) is 5.83. The first kappa shape index (κ1) is 20.4. The number of nitrogens with one attached hydrogen (secondary N) is 1. The van der Waals surface area contributed by atoms with E-state index in [9.17, 15) is 4.79 Å². The summed E-state index contributed by atoms with van der Waals surface area (Å²) >= 11 is 6.42. The molecule has 5 nitrogen and oxygen atoms in total. The van der Waals surface area contributed by atoms with E-state index in [-0.39, 0.29) is 5.91 Å². The van der Waals surface area contributed by atoms with E-state index in [4.69, 9.17) is 21.1 Å². The highest BCUT2D eigenvalue weighted by molar-refractivity contribution is 6.32. The molecule has 148 valence electrons. The van der Waals surface area contributed by atoms with Crippen LogP contribution in [0.1, 0.15) is 28.4 Å². The zero-order valence-corrected chi connectivity index (χ0v) is 16.7. The van der Waals surface area contributed by atoms with Crippen LogP contribution in [0.3, 0.4) is 0 Å². The quantitative estimate of drug-likeness (QED) is 0.417. The first-order valence-corrected chi connectivity index (χ1v) is 9.56. The van der Waals surface area contributed by atoms with Gasteiger partial charge in [0.15, 0.2) is 11.5 Å². The summed E-state index contributed by atoms with van der Waals surface area (Å²) in [6.45, 7) is 2.72. The van der Waals surface area contributed by atoms with Crippen LogP contribution in [0.15, 0.2) is 77.9 Å². The number of hydrogen-bond acceptors (Lipinski definition) is 4. The van der Waals surface area contributed by atoms with E-state index < -0.39 is 0 Å². The maximum Gasteiger partial charge on any atom is 0.271 e. The summed E-state index contributed by atoms with van der Waals surface area (Å²) in [5.74, 6) is 0.704. The van der Waals surface area contributed by atoms with Gasteiger partial charge in [-0.2, -0.15) is 5.10 Å². The molecule has 1 N–H and O–H groups in total. The van der Waals surface area contributed by atoms with Gasteiger partial charge in [0.1, 0.15) is 6.61 Å². The van der Waals surface area contributed by atoms with E-state index in [1.54, 1.807) is 36.4 Å². The highest BCUT2D eigenvalue weighted by Gasteiger charge is 2.12. The van der Waals surface area contributed by atoms with Crippen molar-refractivity contribution in [2.75, 3.05) is 6.61 Å². The lowest BCUT2D eigenvalue weighted by Crippen LogP contribution is -2.17. The van der Waals surface area contributed by atoms with Crippen LogP contribution in [0.5, 0.6) is 11.5 Å². The van der Waals surface area contributed by atoms with E-state index in [1.165, 1.54) is 6.21 Å². The highest BCUT2D eigenvalue weighted by Crippen LogP contribution is 2.36. The van der Waals surface area contributed by atoms with Gasteiger partial charge in [0.2, 0.25) is 0 Å². The lowest BCUT2D eigenvalue weighted by atomic mass is 10.2. The topological polar surface area (TPSA) is 59.9 Å². The van der Waals surface area contributed by atoms with Crippen molar-refractivity contribution in [2.24, 2.45) is 5.10 Å². The van der Waals surface area contributed by atoms with E-state index in [0.717, 1.165) is 5.56 Å². The predicted molar refractivity (Wildman–Crippen MR) is 115 cm³/mol. The van der Waals surface area contributed by atoms with Gasteiger partial charge in [0, 0.05) is 5.56 Å². The molecule has 0 saturated heterocycles. The molecule has 0 heterocycles. The van der Waals surface area contributed by atoms with E-state index >= 15 is 0 Å². The summed E-state index contributed by atoms with van der Waals surface area (Å²) in [4.78, 5) is 12.0. The number of nitrogens with zero attached hydrogens (tertiary/aromatic N) is 1. The summed E-state index contributed by atoms with van der Waals surface area (Å²) in [6.07, 6.45) is 1.51. The second kappa shape index (κ2) is 10.3. The third-order valence-electron chi connectivity index (χ3n) is 3.97. The maximum absolute atomic E-state index is 12.0. The molecular formula is C23H21ClN2O3. The van der Waals surface area contributed by atoms with Gasteiger partial charge < -0.3 is 9.47 Å². The van der Waals surface area contributed by atoms with Gasteiger partial charge in [0.25, 0.3) is 5.91 Å². The van der Waals surface area contributed by atoms with Crippen LogP contribution in [0, 0.1) is 0 Å². The monoisotopic (exact) mass is 408 g/mol. The molecular weight excluding hydrogens is 388 g/mol. The standard InChI is InChI=1S/C23H21ClN2O3/c1-2-28-21-14-18(15-25-26-23(27)19-11-7-4-8-12-19)13-20(24)22(21)29-16-17-9-5-3-6-10-17/h3-15H,2,16H2,1H3,(H,26,27)/b25-15-. The number of hydrogen-bond donors (Lipinski definition) is 1. The molecule has 0 aromatic heterocycles. The van der Waals surface area contributed by atoms with Crippen LogP contribution in [-0.2, 0) is 6.61 Å². The van der Waals surface area contributed by atoms with Gasteiger partial charge in [-0.15, -0.1) is 0 Å². The Labute approximate surface area is 174 Å². The Morgan fingerprint density at radius 1 is 1.03 bits per heavy atom. The highest BCUT2D eigenvalue weighted by atomic mass is 35.5. The fourth-order valence-corrected chi connectivity index (χ4v) is 2.89. The Morgan fingerprint density at radius 3 is 2.41 bits per heavy atom. The van der Waals surface area contributed by atoms with E-state index in [2.05, 4.69) is 10.5 Å². The summed E-state index contributed by atoms with van der Waals surface area (Å²) < 4.78 is 11.6. The van der Waals surface area contributed by atoms with Crippen LogP contribution in [0.25, 0.3) is 0 Å². The molecule has 0 radical (unpaired) electrons. The average Bonchev–Trinajstić information content (AvgIpc) is 2.74. The summed E-state index contributed by atoms with van der Waals surface area (Å²) in [5.41, 5.74) is 4.73. The third-order valence-corrected chi connectivity index (χ3v) is 4.25. The van der Waals surface area contributed by atoms with Crippen LogP contribution in [0.2, 0.25) is 5.02 Å². The average molecular weight is 409 g/mol. The minimum atomic E-state index is -0.291. The maximum atomic E-state index is 12.0. The second-order valence-corrected chi connectivity index (χ2v) is 6.51. The van der Waals surface area contributed by atoms with Crippen molar-refractivity contribution in [3.05, 3.63) is 94.5 Å². The Kier molecular flexibility index (Phi) is 7.25. The lowest BCUT2D eigenvalue weighted by Gasteiger charge is -2.14. The molecule has 0 aliphatic heterocycles. The molecule has 0 bridgehead atoms. The first-order valence-electron chi connectivity index (χ1n) is 9.19. The van der Waals surface area contributed by atoms with Crippen molar-refractivity contribution in [1.82, 2.24) is 5.43 Å². The SMILES string of the molecule is CCOc1cc(/C=N\NC(=O)c2ccccc2)cc(Cl)c1OCc1ccccc1. The summed E-state index contributed by atoms with van der Waals surface area (Å²) in [6, 6.07) is 22.2. The van der Waals surface area contributed by atoms with Gasteiger partial charge >= 0.3 is 0 Å². The number of rotatable bonds is 8. The van der Waals surface area contributed by atoms with Gasteiger partial charge in [-0.1, -0.05) is 60.1 Å². The lowest BCUT2D eigenvalue weighted by molar-refractivity contribution is 0.0955. The van der Waals surface area contributed by atoms with Gasteiger partial charge in [0.05, 0.1) is 17.8 Å². The normalized spacial score (nSPS) is 10.7. The van der Waals surface area contributed by atoms with Crippen molar-refractivity contribution < 1.29 is 14.3 Å². The number of carbonyl (C=O) groups is 1. The fourth-order valence-electron chi connectivity index (χ4n) is 2.61. The second-order valence-electron chi connectivity index (χ2n) is 6.10. The molecule has 3 aromatic rings. The van der Waals surface area contributed by atoms with Crippen LogP contribution >= 0.6 is 11.6 Å². The molecule has 0 aliphatic carbocycles. The molecule has 0 atom stereocenters. The van der Waals surface area contributed by atoms with Crippen molar-refractivity contribution in [2.45, 2.75) is 13.5 Å². The Balaban J connectivity index is 1.72. The largest absolute Gasteiger partial charge is 0.490 e. The number of carbonyl (C=O) groups excluding carboxylic acids is 1. The van der Waals surface area contributed by atoms with Gasteiger partial charge in [-0.3, -0.25) is 4.79 Å². The zero-order chi connectivity index (χ0) is 20.5. The minimum absolute atomic E-state index is 0.291. The Bertz CT molecular complexity index is 976. The van der Waals surface area contributed by atoms with Crippen LogP contribution < -0.4 is 14.9 Å². The smallest absolute Gasteiger partial charge is 0.271 e. The molecule has 29 heavy (non-hydrogen) atoms. The van der Waals surface area contributed by atoms with Crippen molar-refractivity contribution >= 4 is 23.7 Å². The Hall–Kier alpha value is -3.31. The van der Waals surface area contributed by atoms with E-state index in [0.29, 0.717) is 40.9 Å². The first-order chi connectivity index (χ1) is 14.2. The predicted octanol–water partition coefficient (Wildman–Crippen LogP) is 5.08. The van der Waals surface area contributed by atoms with E-state index in [1.807, 2.05) is 43.3 Å². The van der Waals surface area contributed by atoms with Crippen LogP contribution in [0.4, 0.5) is 0 Å². The molecule has 3 aromatic carbocycles.